The van der Waals surface area contributed by atoms with Gasteiger partial charge in [-0.25, -0.2) is 13.8 Å². The summed E-state index contributed by atoms with van der Waals surface area (Å²) in [5.41, 5.74) is 1.20. The summed E-state index contributed by atoms with van der Waals surface area (Å²) in [6, 6.07) is 5.42. The zero-order valence-corrected chi connectivity index (χ0v) is 13.8. The van der Waals surface area contributed by atoms with Crippen LogP contribution >= 0.6 is 0 Å². The molecule has 0 bridgehead atoms. The van der Waals surface area contributed by atoms with Crippen molar-refractivity contribution in [3.63, 3.8) is 0 Å². The number of rotatable bonds is 5. The van der Waals surface area contributed by atoms with Crippen LogP contribution in [0.4, 0.5) is 8.78 Å². The number of carbonyl (C=O) groups is 1. The largest absolute Gasteiger partial charge is 0.454 e. The van der Waals surface area contributed by atoms with E-state index in [1.54, 1.807) is 23.0 Å². The molecule has 0 fully saturated rings. The van der Waals surface area contributed by atoms with Crippen molar-refractivity contribution in [2.75, 3.05) is 0 Å². The van der Waals surface area contributed by atoms with Crippen molar-refractivity contribution in [1.82, 2.24) is 19.4 Å². The number of imidazole rings is 1. The fourth-order valence-corrected chi connectivity index (χ4v) is 2.62. The molecule has 4 heterocycles. The van der Waals surface area contributed by atoms with Gasteiger partial charge in [0.1, 0.15) is 28.8 Å². The Morgan fingerprint density at radius 1 is 1.04 bits per heavy atom. The van der Waals surface area contributed by atoms with Crippen LogP contribution in [0.5, 0.6) is 11.5 Å². The smallest absolute Gasteiger partial charge is 0.172 e. The molecule has 0 N–H and O–H groups in total. The topological polar surface area (TPSA) is 69.4 Å². The minimum absolute atomic E-state index is 0.0201. The van der Waals surface area contributed by atoms with Crippen molar-refractivity contribution in [1.29, 1.82) is 0 Å². The molecular formula is C19H12F2N4O2. The van der Waals surface area contributed by atoms with Crippen LogP contribution in [0.15, 0.2) is 61.4 Å². The molecule has 0 unspecified atom stereocenters. The quantitative estimate of drug-likeness (QED) is 0.505. The Labute approximate surface area is 152 Å². The Balaban J connectivity index is 1.67. The molecular weight excluding hydrogens is 354 g/mol. The number of hydrogen-bond donors (Lipinski definition) is 0. The first-order chi connectivity index (χ1) is 13.1. The predicted octanol–water partition coefficient (Wildman–Crippen LogP) is 3.62. The number of Topliss-reactive ketones (excluding diaryl/α,β-unsaturated/α-hetero) is 1. The number of ether oxygens (including phenoxy) is 1. The molecule has 8 heteroatoms. The highest BCUT2D eigenvalue weighted by Crippen LogP contribution is 2.25. The first-order valence-corrected chi connectivity index (χ1v) is 7.97. The van der Waals surface area contributed by atoms with E-state index in [1.807, 2.05) is 0 Å². The Hall–Kier alpha value is -3.68. The van der Waals surface area contributed by atoms with Gasteiger partial charge in [0.15, 0.2) is 5.78 Å². The lowest BCUT2D eigenvalue weighted by atomic mass is 10.1. The standard InChI is InChI=1S/C19H12F2N4O2/c20-12-1-2-14(24-9-12)6-18(26)17-7-16(11-25-4-3-23-19(17)25)27-15-5-13(21)8-22-10-15/h1-5,7-11H,6H2. The van der Waals surface area contributed by atoms with Gasteiger partial charge in [0.05, 0.1) is 36.8 Å². The maximum Gasteiger partial charge on any atom is 0.172 e. The summed E-state index contributed by atoms with van der Waals surface area (Å²) in [7, 11) is 0. The third-order valence-corrected chi connectivity index (χ3v) is 3.81. The van der Waals surface area contributed by atoms with E-state index in [0.717, 1.165) is 12.4 Å². The van der Waals surface area contributed by atoms with Gasteiger partial charge in [-0.3, -0.25) is 14.8 Å². The van der Waals surface area contributed by atoms with Gasteiger partial charge in [-0.15, -0.1) is 0 Å². The van der Waals surface area contributed by atoms with Crippen LogP contribution in [-0.4, -0.2) is 25.1 Å². The van der Waals surface area contributed by atoms with Crippen LogP contribution in [0.2, 0.25) is 0 Å². The van der Waals surface area contributed by atoms with E-state index in [0.29, 0.717) is 22.7 Å². The molecule has 0 saturated heterocycles. The highest BCUT2D eigenvalue weighted by atomic mass is 19.1. The first-order valence-electron chi connectivity index (χ1n) is 7.97. The fourth-order valence-electron chi connectivity index (χ4n) is 2.62. The summed E-state index contributed by atoms with van der Waals surface area (Å²) in [5, 5.41) is 0. The van der Waals surface area contributed by atoms with Crippen molar-refractivity contribution in [2.45, 2.75) is 6.42 Å². The van der Waals surface area contributed by atoms with Crippen molar-refractivity contribution in [3.8, 4) is 11.5 Å². The second-order valence-corrected chi connectivity index (χ2v) is 5.76. The molecule has 0 amide bonds. The molecule has 0 saturated carbocycles. The van der Waals surface area contributed by atoms with E-state index >= 15 is 0 Å². The Kier molecular flexibility index (Phi) is 4.29. The number of halogens is 2. The zero-order chi connectivity index (χ0) is 18.8. The van der Waals surface area contributed by atoms with Gasteiger partial charge in [0.25, 0.3) is 0 Å². The number of hydrogen-bond acceptors (Lipinski definition) is 5. The molecule has 4 aromatic rings. The maximum absolute atomic E-state index is 13.3. The Bertz CT molecular complexity index is 1130. The summed E-state index contributed by atoms with van der Waals surface area (Å²) in [5.74, 6) is -0.736. The number of fused-ring (bicyclic) bond motifs is 1. The van der Waals surface area contributed by atoms with Gasteiger partial charge < -0.3 is 9.14 Å². The van der Waals surface area contributed by atoms with E-state index in [9.17, 15) is 13.6 Å². The molecule has 4 rings (SSSR count). The zero-order valence-electron chi connectivity index (χ0n) is 13.8. The summed E-state index contributed by atoms with van der Waals surface area (Å²) in [6.45, 7) is 0. The van der Waals surface area contributed by atoms with Crippen molar-refractivity contribution < 1.29 is 18.3 Å². The van der Waals surface area contributed by atoms with E-state index in [4.69, 9.17) is 4.74 Å². The Morgan fingerprint density at radius 2 is 1.93 bits per heavy atom. The summed E-state index contributed by atoms with van der Waals surface area (Å²) >= 11 is 0. The highest BCUT2D eigenvalue weighted by molar-refractivity contribution is 6.02. The minimum atomic E-state index is -0.533. The molecule has 134 valence electrons. The number of nitrogens with zero attached hydrogens (tertiary/aromatic N) is 4. The van der Waals surface area contributed by atoms with E-state index in [-0.39, 0.29) is 18.0 Å². The van der Waals surface area contributed by atoms with Gasteiger partial charge in [-0.1, -0.05) is 0 Å². The predicted molar refractivity (Wildman–Crippen MR) is 91.7 cm³/mol. The number of aromatic nitrogens is 4. The van der Waals surface area contributed by atoms with Crippen LogP contribution in [0.1, 0.15) is 16.1 Å². The molecule has 0 aliphatic heterocycles. The molecule has 4 aromatic heterocycles. The van der Waals surface area contributed by atoms with Crippen molar-refractivity contribution in [3.05, 3.63) is 84.3 Å². The van der Waals surface area contributed by atoms with Crippen LogP contribution in [0.25, 0.3) is 5.65 Å². The lowest BCUT2D eigenvalue weighted by Crippen LogP contribution is -2.08. The second kappa shape index (κ2) is 6.91. The first kappa shape index (κ1) is 16.8. The third-order valence-electron chi connectivity index (χ3n) is 3.81. The molecule has 0 aromatic carbocycles. The summed E-state index contributed by atoms with van der Waals surface area (Å²) in [6.07, 6.45) is 8.31. The average molecular weight is 366 g/mol. The fraction of sp³-hybridized carbons (Fsp3) is 0.0526. The van der Waals surface area contributed by atoms with Crippen LogP contribution < -0.4 is 4.74 Å². The Morgan fingerprint density at radius 3 is 2.70 bits per heavy atom. The van der Waals surface area contributed by atoms with E-state index in [2.05, 4.69) is 15.0 Å². The third kappa shape index (κ3) is 3.64. The van der Waals surface area contributed by atoms with Gasteiger partial charge in [0.2, 0.25) is 0 Å². The lowest BCUT2D eigenvalue weighted by Gasteiger charge is -2.09. The number of pyridine rings is 3. The van der Waals surface area contributed by atoms with Crippen LogP contribution in [0.3, 0.4) is 0 Å². The van der Waals surface area contributed by atoms with Gasteiger partial charge in [-0.2, -0.15) is 0 Å². The molecule has 27 heavy (non-hydrogen) atoms. The summed E-state index contributed by atoms with van der Waals surface area (Å²) in [4.78, 5) is 24.6. The molecule has 0 aliphatic carbocycles. The molecule has 0 radical (unpaired) electrons. The highest BCUT2D eigenvalue weighted by Gasteiger charge is 2.16. The van der Waals surface area contributed by atoms with Crippen LogP contribution in [0, 0.1) is 11.6 Å². The maximum atomic E-state index is 13.3. The second-order valence-electron chi connectivity index (χ2n) is 5.76. The molecule has 6 nitrogen and oxygen atoms in total. The van der Waals surface area contributed by atoms with Gasteiger partial charge in [0, 0.05) is 24.2 Å². The average Bonchev–Trinajstić information content (AvgIpc) is 3.11. The normalized spacial score (nSPS) is 10.9. The molecule has 0 aliphatic rings. The van der Waals surface area contributed by atoms with Gasteiger partial charge >= 0.3 is 0 Å². The van der Waals surface area contributed by atoms with E-state index < -0.39 is 11.6 Å². The monoisotopic (exact) mass is 366 g/mol. The van der Waals surface area contributed by atoms with E-state index in [1.165, 1.54) is 30.5 Å². The number of carbonyl (C=O) groups excluding carboxylic acids is 1. The van der Waals surface area contributed by atoms with Gasteiger partial charge in [-0.05, 0) is 18.2 Å². The minimum Gasteiger partial charge on any atom is -0.454 e. The molecule has 0 spiro atoms. The van der Waals surface area contributed by atoms with Crippen LogP contribution in [-0.2, 0) is 6.42 Å². The van der Waals surface area contributed by atoms with Crippen molar-refractivity contribution >= 4 is 11.4 Å². The lowest BCUT2D eigenvalue weighted by molar-refractivity contribution is 0.0992. The number of ketones is 1. The summed E-state index contributed by atoms with van der Waals surface area (Å²) < 4.78 is 33.6. The van der Waals surface area contributed by atoms with Crippen molar-refractivity contribution in [2.24, 2.45) is 0 Å². The SMILES string of the molecule is O=C(Cc1ccc(F)cn1)c1cc(Oc2cncc(F)c2)cn2ccnc12. The molecule has 0 atom stereocenters.